The van der Waals surface area contributed by atoms with Gasteiger partial charge in [-0.2, -0.15) is 5.26 Å². The van der Waals surface area contributed by atoms with Gasteiger partial charge in [-0.25, -0.2) is 4.39 Å². The van der Waals surface area contributed by atoms with Gasteiger partial charge in [-0.05, 0) is 78.9 Å². The molecule has 6 rings (SSSR count). The molecule has 2 aliphatic rings. The van der Waals surface area contributed by atoms with Crippen LogP contribution in [0.1, 0.15) is 56.0 Å². The Balaban J connectivity index is 0.996. The zero-order valence-electron chi connectivity index (χ0n) is 24.9. The lowest BCUT2D eigenvalue weighted by Crippen LogP contribution is -2.48. The molecule has 0 atom stereocenters. The minimum absolute atomic E-state index is 0.0482. The van der Waals surface area contributed by atoms with Crippen molar-refractivity contribution in [1.29, 1.82) is 5.26 Å². The predicted octanol–water partition coefficient (Wildman–Crippen LogP) is 5.10. The highest BCUT2D eigenvalue weighted by Gasteiger charge is 2.25. The molecule has 3 heterocycles. The molecule has 2 aliphatic heterocycles. The number of halogens is 1. The molecule has 4 aromatic rings. The maximum Gasteiger partial charge on any atom is 0.287 e. The molecular formula is C35H36FN5O3. The van der Waals surface area contributed by atoms with Crippen LogP contribution in [-0.4, -0.2) is 71.8 Å². The van der Waals surface area contributed by atoms with Crippen molar-refractivity contribution in [2.75, 3.05) is 39.3 Å². The number of carbonyl (C=O) groups excluding carboxylic acids is 2. The van der Waals surface area contributed by atoms with E-state index in [9.17, 15) is 14.0 Å². The lowest BCUT2D eigenvalue weighted by Gasteiger charge is -2.34. The molecule has 0 saturated carbocycles. The second kappa shape index (κ2) is 13.0. The predicted molar refractivity (Wildman–Crippen MR) is 165 cm³/mol. The monoisotopic (exact) mass is 593 g/mol. The summed E-state index contributed by atoms with van der Waals surface area (Å²) in [5, 5.41) is 12.8. The van der Waals surface area contributed by atoms with E-state index < -0.39 is 0 Å². The van der Waals surface area contributed by atoms with E-state index in [1.807, 2.05) is 35.2 Å². The van der Waals surface area contributed by atoms with Gasteiger partial charge in [-0.1, -0.05) is 24.3 Å². The fourth-order valence-electron chi connectivity index (χ4n) is 6.01. The third-order valence-electron chi connectivity index (χ3n) is 8.70. The number of piperidine rings is 1. The van der Waals surface area contributed by atoms with E-state index in [0.717, 1.165) is 43.4 Å². The van der Waals surface area contributed by atoms with Crippen LogP contribution in [0.15, 0.2) is 71.1 Å². The first-order valence-electron chi connectivity index (χ1n) is 15.2. The zero-order chi connectivity index (χ0) is 30.6. The first-order valence-corrected chi connectivity index (χ1v) is 15.2. The summed E-state index contributed by atoms with van der Waals surface area (Å²) in [4.78, 5) is 32.8. The number of amides is 2. The molecule has 44 heavy (non-hydrogen) atoms. The van der Waals surface area contributed by atoms with E-state index in [1.54, 1.807) is 43.3 Å². The van der Waals surface area contributed by atoms with E-state index >= 15 is 0 Å². The number of nitrogens with one attached hydrogen (secondary N) is 1. The Bertz CT molecular complexity index is 1690. The lowest BCUT2D eigenvalue weighted by atomic mass is 10.0. The summed E-state index contributed by atoms with van der Waals surface area (Å²) in [7, 11) is 0. The fraction of sp³-hybridized carbons (Fsp3) is 0.343. The molecule has 8 nitrogen and oxygen atoms in total. The quantitative estimate of drug-likeness (QED) is 0.321. The maximum atomic E-state index is 13.9. The third kappa shape index (κ3) is 6.83. The molecule has 0 spiro atoms. The molecule has 2 amide bonds. The van der Waals surface area contributed by atoms with Gasteiger partial charge in [0.1, 0.15) is 11.4 Å². The summed E-state index contributed by atoms with van der Waals surface area (Å²) in [5.74, 6) is -0.243. The van der Waals surface area contributed by atoms with Gasteiger partial charge in [0.05, 0.1) is 11.6 Å². The summed E-state index contributed by atoms with van der Waals surface area (Å²) >= 11 is 0. The van der Waals surface area contributed by atoms with Crippen molar-refractivity contribution < 1.29 is 18.4 Å². The van der Waals surface area contributed by atoms with E-state index in [2.05, 4.69) is 21.2 Å². The van der Waals surface area contributed by atoms with Gasteiger partial charge in [-0.3, -0.25) is 19.4 Å². The summed E-state index contributed by atoms with van der Waals surface area (Å²) in [6.45, 7) is 7.59. The van der Waals surface area contributed by atoms with Gasteiger partial charge in [0.2, 0.25) is 0 Å². The number of carbonyl (C=O) groups is 2. The number of fused-ring (bicyclic) bond motifs is 1. The van der Waals surface area contributed by atoms with Gasteiger partial charge in [0.25, 0.3) is 11.8 Å². The van der Waals surface area contributed by atoms with Crippen molar-refractivity contribution in [2.45, 2.75) is 38.9 Å². The molecule has 0 radical (unpaired) electrons. The number of likely N-dealkylation sites (tertiary alicyclic amines) is 1. The second-order valence-corrected chi connectivity index (χ2v) is 11.8. The van der Waals surface area contributed by atoms with Crippen LogP contribution in [0.3, 0.4) is 0 Å². The van der Waals surface area contributed by atoms with E-state index in [4.69, 9.17) is 9.68 Å². The summed E-state index contributed by atoms with van der Waals surface area (Å²) in [6.07, 6.45) is 1.69. The topological polar surface area (TPSA) is 92.8 Å². The molecule has 0 bridgehead atoms. The normalized spacial score (nSPS) is 16.6. The van der Waals surface area contributed by atoms with Gasteiger partial charge in [0.15, 0.2) is 5.76 Å². The Hall–Kier alpha value is -4.52. The third-order valence-corrected chi connectivity index (χ3v) is 8.70. The standard InChI is InChI=1S/C35H36FN5O3/c1-24-2-3-27(18-31(24)36)23-40-14-16-41(17-15-40)35(43)28-8-9-32-29(19-28)20-33(44-32)34(42)38-30-10-12-39(13-11-30)22-26-6-4-25(21-37)5-7-26/h2-9,18-20,30H,10-17,22-23H2,1H3,(H,38,42). The minimum atomic E-state index is -0.246. The van der Waals surface area contributed by atoms with Crippen LogP contribution in [0, 0.1) is 24.1 Å². The van der Waals surface area contributed by atoms with Crippen LogP contribution in [0.4, 0.5) is 4.39 Å². The average Bonchev–Trinajstić information content (AvgIpc) is 3.48. The number of rotatable bonds is 7. The van der Waals surface area contributed by atoms with Gasteiger partial charge in [0, 0.05) is 69.3 Å². The Morgan fingerprint density at radius 3 is 2.27 bits per heavy atom. The molecule has 3 aromatic carbocycles. The molecule has 0 aliphatic carbocycles. The Labute approximate surface area is 256 Å². The number of benzene rings is 3. The smallest absolute Gasteiger partial charge is 0.287 e. The van der Waals surface area contributed by atoms with Crippen LogP contribution >= 0.6 is 0 Å². The van der Waals surface area contributed by atoms with Crippen LogP contribution in [0.5, 0.6) is 0 Å². The number of piperazine rings is 1. The first kappa shape index (κ1) is 29.5. The number of nitriles is 1. The number of hydrogen-bond donors (Lipinski definition) is 1. The minimum Gasteiger partial charge on any atom is -0.451 e. The van der Waals surface area contributed by atoms with Crippen molar-refractivity contribution in [1.82, 2.24) is 20.0 Å². The maximum absolute atomic E-state index is 13.9. The van der Waals surface area contributed by atoms with Gasteiger partial charge in [-0.15, -0.1) is 0 Å². The van der Waals surface area contributed by atoms with E-state index in [-0.39, 0.29) is 29.4 Å². The fourth-order valence-corrected chi connectivity index (χ4v) is 6.01. The Morgan fingerprint density at radius 1 is 0.886 bits per heavy atom. The number of aryl methyl sites for hydroxylation is 1. The highest BCUT2D eigenvalue weighted by atomic mass is 19.1. The zero-order valence-corrected chi connectivity index (χ0v) is 24.9. The van der Waals surface area contributed by atoms with Crippen LogP contribution in [-0.2, 0) is 13.1 Å². The summed E-state index contributed by atoms with van der Waals surface area (Å²) < 4.78 is 19.8. The highest BCUT2D eigenvalue weighted by molar-refractivity contribution is 6.00. The van der Waals surface area contributed by atoms with Crippen LogP contribution in [0.25, 0.3) is 11.0 Å². The number of furan rings is 1. The van der Waals surface area contributed by atoms with Crippen LogP contribution < -0.4 is 5.32 Å². The molecule has 226 valence electrons. The summed E-state index contributed by atoms with van der Waals surface area (Å²) in [5.41, 5.74) is 4.54. The van der Waals surface area contributed by atoms with Crippen molar-refractivity contribution in [3.8, 4) is 6.07 Å². The highest BCUT2D eigenvalue weighted by Crippen LogP contribution is 2.23. The van der Waals surface area contributed by atoms with Crippen LogP contribution in [0.2, 0.25) is 0 Å². The number of hydrogen-bond acceptors (Lipinski definition) is 6. The SMILES string of the molecule is Cc1ccc(CN2CCN(C(=O)c3ccc4oc(C(=O)NC5CCN(Cc6ccc(C#N)cc6)CC5)cc4c3)CC2)cc1F. The second-order valence-electron chi connectivity index (χ2n) is 11.8. The number of nitrogens with zero attached hydrogens (tertiary/aromatic N) is 4. The van der Waals surface area contributed by atoms with Gasteiger partial charge >= 0.3 is 0 Å². The van der Waals surface area contributed by atoms with Crippen molar-refractivity contribution in [3.05, 3.63) is 106 Å². The molecule has 1 aromatic heterocycles. The van der Waals surface area contributed by atoms with Crippen molar-refractivity contribution >= 4 is 22.8 Å². The lowest BCUT2D eigenvalue weighted by molar-refractivity contribution is 0.0628. The molecular weight excluding hydrogens is 557 g/mol. The Morgan fingerprint density at radius 2 is 1.57 bits per heavy atom. The van der Waals surface area contributed by atoms with Crippen molar-refractivity contribution in [3.63, 3.8) is 0 Å². The molecule has 1 N–H and O–H groups in total. The largest absolute Gasteiger partial charge is 0.451 e. The van der Waals surface area contributed by atoms with E-state index in [0.29, 0.717) is 55.0 Å². The molecule has 0 unspecified atom stereocenters. The van der Waals surface area contributed by atoms with Crippen molar-refractivity contribution in [2.24, 2.45) is 0 Å². The average molecular weight is 594 g/mol. The molecule has 9 heteroatoms. The van der Waals surface area contributed by atoms with Gasteiger partial charge < -0.3 is 14.6 Å². The molecule has 2 fully saturated rings. The Kier molecular flexibility index (Phi) is 8.73. The summed E-state index contributed by atoms with van der Waals surface area (Å²) in [6, 6.07) is 22.2. The van der Waals surface area contributed by atoms with E-state index in [1.165, 1.54) is 5.56 Å². The molecule has 2 saturated heterocycles. The first-order chi connectivity index (χ1) is 21.3.